The maximum absolute atomic E-state index is 12.6. The second-order valence-electron chi connectivity index (χ2n) is 4.29. The number of rotatable bonds is 0. The fourth-order valence-corrected chi connectivity index (χ4v) is 1.56. The molecule has 0 bridgehead atoms. The Morgan fingerprint density at radius 1 is 1.06 bits per heavy atom. The van der Waals surface area contributed by atoms with Gasteiger partial charge in [-0.3, -0.25) is 0 Å². The largest absolute Gasteiger partial charge is 0.416 e. The minimum Gasteiger partial charge on any atom is -0.170 e. The highest BCUT2D eigenvalue weighted by atomic mass is 19.4. The van der Waals surface area contributed by atoms with Gasteiger partial charge in [0, 0.05) is 0 Å². The Morgan fingerprint density at radius 3 is 1.94 bits per heavy atom. The van der Waals surface area contributed by atoms with Crippen molar-refractivity contribution in [2.75, 3.05) is 0 Å². The fourth-order valence-electron chi connectivity index (χ4n) is 1.56. The van der Waals surface area contributed by atoms with Crippen molar-refractivity contribution in [1.82, 2.24) is 0 Å². The minimum atomic E-state index is -4.74. The van der Waals surface area contributed by atoms with Crippen LogP contribution in [-0.4, -0.2) is 12.4 Å². The summed E-state index contributed by atoms with van der Waals surface area (Å²) in [5.41, 5.74) is -2.60. The molecular weight excluding hydrogens is 234 g/mol. The van der Waals surface area contributed by atoms with Gasteiger partial charge in [-0.25, -0.2) is 0 Å². The van der Waals surface area contributed by atoms with E-state index in [1.807, 2.05) is 0 Å². The Balaban J connectivity index is 3.15. The summed E-state index contributed by atoms with van der Waals surface area (Å²) in [4.78, 5) is 0. The molecule has 0 aliphatic heterocycles. The van der Waals surface area contributed by atoms with Gasteiger partial charge in [-0.1, -0.05) is 32.1 Å². The first kappa shape index (κ1) is 13.1. The van der Waals surface area contributed by atoms with Crippen molar-refractivity contribution in [3.63, 3.8) is 0 Å². The van der Waals surface area contributed by atoms with Crippen LogP contribution < -0.4 is 0 Å². The molecule has 0 spiro atoms. The Kier molecular flexibility index (Phi) is 2.90. The van der Waals surface area contributed by atoms with E-state index in [0.717, 1.165) is 6.08 Å². The number of halogens is 6. The van der Waals surface area contributed by atoms with E-state index in [0.29, 0.717) is 6.08 Å². The van der Waals surface area contributed by atoms with Crippen molar-refractivity contribution in [1.29, 1.82) is 0 Å². The standard InChI is InChI=1S/C10H10F6/c1-8(2)4-3-6(9(11,12)13)5-7(8)10(14,15)16/h3-5,7H,1-2H3. The van der Waals surface area contributed by atoms with Gasteiger partial charge in [-0.05, 0) is 5.41 Å². The average Bonchev–Trinajstić information content (AvgIpc) is 1.98. The summed E-state index contributed by atoms with van der Waals surface area (Å²) in [5.74, 6) is -2.11. The van der Waals surface area contributed by atoms with Crippen LogP contribution in [0.3, 0.4) is 0 Å². The van der Waals surface area contributed by atoms with E-state index in [4.69, 9.17) is 0 Å². The first-order valence-electron chi connectivity index (χ1n) is 4.49. The van der Waals surface area contributed by atoms with Crippen molar-refractivity contribution < 1.29 is 26.3 Å². The lowest BCUT2D eigenvalue weighted by Crippen LogP contribution is -2.36. The monoisotopic (exact) mass is 244 g/mol. The Labute approximate surface area is 88.6 Å². The van der Waals surface area contributed by atoms with Crippen LogP contribution in [0.5, 0.6) is 0 Å². The van der Waals surface area contributed by atoms with E-state index < -0.39 is 29.3 Å². The van der Waals surface area contributed by atoms with Gasteiger partial charge in [0.2, 0.25) is 0 Å². The maximum atomic E-state index is 12.6. The van der Waals surface area contributed by atoms with E-state index >= 15 is 0 Å². The van der Waals surface area contributed by atoms with Gasteiger partial charge in [0.05, 0.1) is 11.5 Å². The molecule has 0 radical (unpaired) electrons. The molecule has 0 fully saturated rings. The van der Waals surface area contributed by atoms with Gasteiger partial charge in [-0.2, -0.15) is 26.3 Å². The van der Waals surface area contributed by atoms with Crippen molar-refractivity contribution >= 4 is 0 Å². The van der Waals surface area contributed by atoms with Crippen LogP contribution in [0.2, 0.25) is 0 Å². The van der Waals surface area contributed by atoms with Crippen LogP contribution in [0.4, 0.5) is 26.3 Å². The van der Waals surface area contributed by atoms with Gasteiger partial charge < -0.3 is 0 Å². The smallest absolute Gasteiger partial charge is 0.170 e. The highest BCUT2D eigenvalue weighted by Crippen LogP contribution is 2.46. The average molecular weight is 244 g/mol. The highest BCUT2D eigenvalue weighted by Gasteiger charge is 2.49. The molecule has 0 aromatic carbocycles. The Morgan fingerprint density at radius 2 is 1.56 bits per heavy atom. The zero-order valence-corrected chi connectivity index (χ0v) is 8.58. The van der Waals surface area contributed by atoms with Gasteiger partial charge in [0.25, 0.3) is 0 Å². The van der Waals surface area contributed by atoms with Gasteiger partial charge in [0.1, 0.15) is 0 Å². The van der Waals surface area contributed by atoms with Crippen LogP contribution in [0.1, 0.15) is 13.8 Å². The third-order valence-corrected chi connectivity index (χ3v) is 2.52. The van der Waals surface area contributed by atoms with E-state index in [1.54, 1.807) is 0 Å². The summed E-state index contributed by atoms with van der Waals surface area (Å²) >= 11 is 0. The van der Waals surface area contributed by atoms with Gasteiger partial charge in [-0.15, -0.1) is 0 Å². The normalized spacial score (nSPS) is 25.5. The first-order chi connectivity index (χ1) is 6.94. The Hall–Kier alpha value is -0.940. The van der Waals surface area contributed by atoms with E-state index in [1.165, 1.54) is 13.8 Å². The molecule has 92 valence electrons. The molecule has 0 aromatic heterocycles. The van der Waals surface area contributed by atoms with Crippen molar-refractivity contribution in [2.45, 2.75) is 26.2 Å². The van der Waals surface area contributed by atoms with Crippen molar-refractivity contribution in [2.24, 2.45) is 11.3 Å². The lowest BCUT2D eigenvalue weighted by atomic mass is 9.74. The Bertz CT molecular complexity index is 328. The molecule has 0 N–H and O–H groups in total. The zero-order valence-electron chi connectivity index (χ0n) is 8.58. The quantitative estimate of drug-likeness (QED) is 0.559. The topological polar surface area (TPSA) is 0 Å². The van der Waals surface area contributed by atoms with Crippen molar-refractivity contribution in [3.05, 3.63) is 23.8 Å². The van der Waals surface area contributed by atoms with Crippen LogP contribution in [-0.2, 0) is 0 Å². The SMILES string of the molecule is CC1(C)C=CC(C(F)(F)F)=CC1C(F)(F)F. The second kappa shape index (κ2) is 3.53. The van der Waals surface area contributed by atoms with Crippen LogP contribution in [0.25, 0.3) is 0 Å². The van der Waals surface area contributed by atoms with Crippen molar-refractivity contribution in [3.8, 4) is 0 Å². The fraction of sp³-hybridized carbons (Fsp3) is 0.600. The molecule has 1 unspecified atom stereocenters. The molecule has 1 aliphatic rings. The minimum absolute atomic E-state index is 0.250. The van der Waals surface area contributed by atoms with Crippen LogP contribution in [0.15, 0.2) is 23.8 Å². The predicted molar refractivity (Wildman–Crippen MR) is 46.6 cm³/mol. The molecule has 0 heterocycles. The summed E-state index contributed by atoms with van der Waals surface area (Å²) in [6.07, 6.45) is -7.52. The summed E-state index contributed by atoms with van der Waals surface area (Å²) in [7, 11) is 0. The second-order valence-corrected chi connectivity index (χ2v) is 4.29. The van der Waals surface area contributed by atoms with E-state index in [9.17, 15) is 26.3 Å². The molecule has 1 rings (SSSR count). The molecular formula is C10H10F6. The number of hydrogen-bond acceptors (Lipinski definition) is 0. The summed E-state index contributed by atoms with van der Waals surface area (Å²) in [6.45, 7) is 2.51. The highest BCUT2D eigenvalue weighted by molar-refractivity contribution is 5.32. The molecule has 0 saturated carbocycles. The molecule has 16 heavy (non-hydrogen) atoms. The van der Waals surface area contributed by atoms with Gasteiger partial charge in [0.15, 0.2) is 0 Å². The lowest BCUT2D eigenvalue weighted by Gasteiger charge is -2.34. The third kappa shape index (κ3) is 2.59. The van der Waals surface area contributed by atoms with Crippen LogP contribution >= 0.6 is 0 Å². The van der Waals surface area contributed by atoms with Crippen LogP contribution in [0, 0.1) is 11.3 Å². The molecule has 0 amide bonds. The molecule has 0 aromatic rings. The first-order valence-corrected chi connectivity index (χ1v) is 4.49. The number of allylic oxidation sites excluding steroid dienone is 4. The summed E-state index contributed by atoms with van der Waals surface area (Å²) in [6, 6.07) is 0. The zero-order chi connectivity index (χ0) is 12.8. The summed E-state index contributed by atoms with van der Waals surface area (Å²) in [5, 5.41) is 0. The number of hydrogen-bond donors (Lipinski definition) is 0. The molecule has 0 nitrogen and oxygen atoms in total. The summed E-state index contributed by atoms with van der Waals surface area (Å²) < 4.78 is 74.5. The maximum Gasteiger partial charge on any atom is 0.416 e. The third-order valence-electron chi connectivity index (χ3n) is 2.52. The van der Waals surface area contributed by atoms with E-state index in [-0.39, 0.29) is 6.08 Å². The van der Waals surface area contributed by atoms with E-state index in [2.05, 4.69) is 0 Å². The molecule has 6 heteroatoms. The molecule has 0 saturated heterocycles. The molecule has 1 aliphatic carbocycles. The predicted octanol–water partition coefficient (Wildman–Crippen LogP) is 4.25. The number of alkyl halides is 6. The van der Waals surface area contributed by atoms with Gasteiger partial charge >= 0.3 is 12.4 Å². The molecule has 1 atom stereocenters. The lowest BCUT2D eigenvalue weighted by molar-refractivity contribution is -0.182.